The summed E-state index contributed by atoms with van der Waals surface area (Å²) in [6, 6.07) is 6.86. The molecule has 1 aromatic carbocycles. The van der Waals surface area contributed by atoms with Gasteiger partial charge in [0.05, 0.1) is 12.3 Å². The predicted molar refractivity (Wildman–Crippen MR) is 84.3 cm³/mol. The van der Waals surface area contributed by atoms with Crippen molar-refractivity contribution in [1.29, 1.82) is 0 Å². The Morgan fingerprint density at radius 2 is 2.09 bits per heavy atom. The van der Waals surface area contributed by atoms with Crippen LogP contribution in [0.15, 0.2) is 24.3 Å². The van der Waals surface area contributed by atoms with E-state index in [1.165, 1.54) is 11.3 Å². The molecule has 0 aliphatic carbocycles. The first kappa shape index (κ1) is 15.3. The van der Waals surface area contributed by atoms with E-state index in [1.807, 2.05) is 0 Å². The third-order valence-electron chi connectivity index (χ3n) is 2.94. The minimum Gasteiger partial charge on any atom is -0.212 e. The highest BCUT2D eigenvalue weighted by Crippen LogP contribution is 2.18. The number of nitrogens with zero attached hydrogens (tertiary/aromatic N) is 4. The highest BCUT2D eigenvalue weighted by molar-refractivity contribution is 7.88. The first-order chi connectivity index (χ1) is 10.4. The van der Waals surface area contributed by atoms with Gasteiger partial charge in [-0.05, 0) is 18.6 Å². The van der Waals surface area contributed by atoms with Crippen LogP contribution in [0.4, 0.5) is 0 Å². The van der Waals surface area contributed by atoms with E-state index < -0.39 is 10.0 Å². The number of fused-ring (bicyclic) bond motifs is 1. The molecule has 0 saturated carbocycles. The summed E-state index contributed by atoms with van der Waals surface area (Å²) in [7, 11) is -3.50. The first-order valence-corrected chi connectivity index (χ1v) is 9.18. The molecule has 2 heterocycles. The number of hydrogen-bond acceptors (Lipinski definition) is 6. The van der Waals surface area contributed by atoms with Gasteiger partial charge in [0.2, 0.25) is 15.0 Å². The molecule has 3 aromatic rings. The van der Waals surface area contributed by atoms with Crippen molar-refractivity contribution in [1.82, 2.24) is 24.5 Å². The summed E-state index contributed by atoms with van der Waals surface area (Å²) in [5.41, 5.74) is 0.561. The standard InChI is InChI=1S/C12H12ClN5O2S2/c1-8-15-16-12-18(8)17-11(21-12)6-14-22(19,20)7-9-4-2-3-5-10(9)13/h2-5,14H,6-7H2,1H3. The molecule has 1 N–H and O–H groups in total. The van der Waals surface area contributed by atoms with Gasteiger partial charge in [-0.25, -0.2) is 13.1 Å². The quantitative estimate of drug-likeness (QED) is 0.751. The Bertz CT molecular complexity index is 919. The second-order valence-corrected chi connectivity index (χ2v) is 7.86. The van der Waals surface area contributed by atoms with Crippen LogP contribution >= 0.6 is 22.9 Å². The number of nitrogens with one attached hydrogen (secondary N) is 1. The average Bonchev–Trinajstić information content (AvgIpc) is 3.02. The molecular formula is C12H12ClN5O2S2. The van der Waals surface area contributed by atoms with Gasteiger partial charge in [0.1, 0.15) is 5.01 Å². The number of sulfonamides is 1. The third kappa shape index (κ3) is 3.27. The van der Waals surface area contributed by atoms with Crippen molar-refractivity contribution >= 4 is 37.9 Å². The SMILES string of the molecule is Cc1nnc2sc(CNS(=O)(=O)Cc3ccccc3Cl)nn12. The van der Waals surface area contributed by atoms with Crippen molar-refractivity contribution in [3.63, 3.8) is 0 Å². The lowest BCUT2D eigenvalue weighted by molar-refractivity contribution is 0.579. The highest BCUT2D eigenvalue weighted by Gasteiger charge is 2.15. The van der Waals surface area contributed by atoms with Crippen LogP contribution in [0.1, 0.15) is 16.4 Å². The first-order valence-electron chi connectivity index (χ1n) is 6.33. The van der Waals surface area contributed by atoms with Crippen LogP contribution in [-0.2, 0) is 22.3 Å². The molecule has 0 spiro atoms. The maximum atomic E-state index is 12.1. The molecule has 22 heavy (non-hydrogen) atoms. The van der Waals surface area contributed by atoms with Crippen LogP contribution in [0.2, 0.25) is 5.02 Å². The molecule has 0 radical (unpaired) electrons. The molecule has 3 rings (SSSR count). The van der Waals surface area contributed by atoms with E-state index in [2.05, 4.69) is 20.0 Å². The minimum absolute atomic E-state index is 0.111. The molecule has 7 nitrogen and oxygen atoms in total. The zero-order valence-corrected chi connectivity index (χ0v) is 13.9. The van der Waals surface area contributed by atoms with Gasteiger partial charge in [-0.15, -0.1) is 10.2 Å². The maximum Gasteiger partial charge on any atom is 0.234 e. The summed E-state index contributed by atoms with van der Waals surface area (Å²) in [5, 5.41) is 13.1. The van der Waals surface area contributed by atoms with Gasteiger partial charge in [-0.2, -0.15) is 9.61 Å². The van der Waals surface area contributed by atoms with Crippen molar-refractivity contribution in [2.24, 2.45) is 0 Å². The molecule has 0 saturated heterocycles. The van der Waals surface area contributed by atoms with Crippen LogP contribution in [0.3, 0.4) is 0 Å². The van der Waals surface area contributed by atoms with Crippen LogP contribution in [0.25, 0.3) is 4.96 Å². The van der Waals surface area contributed by atoms with Crippen molar-refractivity contribution < 1.29 is 8.42 Å². The van der Waals surface area contributed by atoms with Crippen molar-refractivity contribution in [2.45, 2.75) is 19.2 Å². The van der Waals surface area contributed by atoms with Gasteiger partial charge in [-0.3, -0.25) is 0 Å². The van der Waals surface area contributed by atoms with Gasteiger partial charge in [0, 0.05) is 5.02 Å². The summed E-state index contributed by atoms with van der Waals surface area (Å²) in [4.78, 5) is 0.637. The largest absolute Gasteiger partial charge is 0.234 e. The molecule has 0 atom stereocenters. The van der Waals surface area contributed by atoms with Crippen LogP contribution in [0.5, 0.6) is 0 Å². The van der Waals surface area contributed by atoms with E-state index in [0.717, 1.165) is 0 Å². The highest BCUT2D eigenvalue weighted by atomic mass is 35.5. The van der Waals surface area contributed by atoms with Gasteiger partial charge in [0.15, 0.2) is 5.82 Å². The van der Waals surface area contributed by atoms with Crippen molar-refractivity contribution in [3.05, 3.63) is 45.7 Å². The summed E-state index contributed by atoms with van der Waals surface area (Å²) >= 11 is 7.28. The van der Waals surface area contributed by atoms with E-state index in [9.17, 15) is 8.42 Å². The Labute approximate surface area is 136 Å². The number of hydrogen-bond donors (Lipinski definition) is 1. The topological polar surface area (TPSA) is 89.2 Å². The van der Waals surface area contributed by atoms with E-state index >= 15 is 0 Å². The Hall–Kier alpha value is -1.55. The minimum atomic E-state index is -3.50. The third-order valence-corrected chi connectivity index (χ3v) is 5.48. The Kier molecular flexibility index (Phi) is 4.13. The molecular weight excluding hydrogens is 346 g/mol. The molecule has 0 aliphatic heterocycles. The van der Waals surface area contributed by atoms with Crippen LogP contribution in [-0.4, -0.2) is 28.2 Å². The number of benzene rings is 1. The molecule has 0 bridgehead atoms. The monoisotopic (exact) mass is 357 g/mol. The molecule has 2 aromatic heterocycles. The molecule has 0 amide bonds. The molecule has 10 heteroatoms. The number of rotatable bonds is 5. The smallest absolute Gasteiger partial charge is 0.212 e. The zero-order chi connectivity index (χ0) is 15.7. The summed E-state index contributed by atoms with van der Waals surface area (Å²) in [6.45, 7) is 1.89. The second kappa shape index (κ2) is 5.92. The van der Waals surface area contributed by atoms with Gasteiger partial charge >= 0.3 is 0 Å². The van der Waals surface area contributed by atoms with Gasteiger partial charge < -0.3 is 0 Å². The molecule has 0 aliphatic rings. The van der Waals surface area contributed by atoms with Crippen LogP contribution in [0, 0.1) is 6.92 Å². The van der Waals surface area contributed by atoms with Crippen LogP contribution < -0.4 is 4.72 Å². The molecule has 0 unspecified atom stereocenters. The Morgan fingerprint density at radius 3 is 2.82 bits per heavy atom. The number of aryl methyl sites for hydroxylation is 1. The van der Waals surface area contributed by atoms with Crippen molar-refractivity contribution in [2.75, 3.05) is 0 Å². The predicted octanol–water partition coefficient (Wildman–Crippen LogP) is 1.77. The van der Waals surface area contributed by atoms with Gasteiger partial charge in [0.25, 0.3) is 0 Å². The Morgan fingerprint density at radius 1 is 1.32 bits per heavy atom. The molecule has 116 valence electrons. The number of halogens is 1. The molecule has 0 fully saturated rings. The fourth-order valence-corrected chi connectivity index (χ4v) is 4.18. The summed E-state index contributed by atoms with van der Waals surface area (Å²) in [6.07, 6.45) is 0. The van der Waals surface area contributed by atoms with E-state index in [0.29, 0.717) is 26.4 Å². The fraction of sp³-hybridized carbons (Fsp3) is 0.250. The lowest BCUT2D eigenvalue weighted by Crippen LogP contribution is -2.24. The van der Waals surface area contributed by atoms with E-state index in [-0.39, 0.29) is 12.3 Å². The summed E-state index contributed by atoms with van der Waals surface area (Å²) in [5.74, 6) is 0.492. The van der Waals surface area contributed by atoms with E-state index in [4.69, 9.17) is 11.6 Å². The average molecular weight is 358 g/mol. The van der Waals surface area contributed by atoms with Gasteiger partial charge in [-0.1, -0.05) is 41.1 Å². The van der Waals surface area contributed by atoms with Crippen molar-refractivity contribution in [3.8, 4) is 0 Å². The lowest BCUT2D eigenvalue weighted by atomic mass is 10.2. The maximum absolute atomic E-state index is 12.1. The zero-order valence-electron chi connectivity index (χ0n) is 11.5. The summed E-state index contributed by atoms with van der Waals surface area (Å²) < 4.78 is 28.3. The van der Waals surface area contributed by atoms with E-state index in [1.54, 1.807) is 35.7 Å². The second-order valence-electron chi connectivity index (χ2n) is 4.61. The normalized spacial score (nSPS) is 12.1. The number of aromatic nitrogens is 4. The fourth-order valence-electron chi connectivity index (χ4n) is 1.87. The lowest BCUT2D eigenvalue weighted by Gasteiger charge is -2.06. The Balaban J connectivity index is 1.70.